The molecule has 220 valence electrons. The normalized spacial score (nSPS) is 13.7. The minimum atomic E-state index is -5.08. The van der Waals surface area contributed by atoms with Crippen molar-refractivity contribution in [1.82, 2.24) is 29.5 Å². The van der Waals surface area contributed by atoms with E-state index in [9.17, 15) is 26.3 Å². The maximum atomic E-state index is 14.1. The number of carbonyl (C=O) groups is 1. The standard InChI is InChI=1S/C23H19F3N8O.C2HF3O2/c24-13-2-1-3-14(10-13)34-12-28-20-21(31-23(32-22(20)34)33-6-8-35-9-7-33)27-11-17-29-16-5-4-15(25)18(26)19(16)30-17;3-2(4,5)1(6)7/h1-5,10,12H,6-9,11H2,(H,29,30)(H,27,31,32);(H,6,7). The molecule has 0 unspecified atom stereocenters. The van der Waals surface area contributed by atoms with Crippen LogP contribution in [0.3, 0.4) is 0 Å². The number of halogens is 6. The smallest absolute Gasteiger partial charge is 0.475 e. The van der Waals surface area contributed by atoms with Gasteiger partial charge in [-0.3, -0.25) is 4.57 Å². The van der Waals surface area contributed by atoms with Crippen molar-refractivity contribution in [2.24, 2.45) is 0 Å². The number of carboxylic acid groups (broad SMARTS) is 1. The van der Waals surface area contributed by atoms with Crippen molar-refractivity contribution in [3.8, 4) is 5.69 Å². The average Bonchev–Trinajstić information content (AvgIpc) is 3.59. The van der Waals surface area contributed by atoms with Crippen molar-refractivity contribution >= 4 is 39.9 Å². The Morgan fingerprint density at radius 2 is 1.79 bits per heavy atom. The number of H-pyrrole nitrogens is 1. The van der Waals surface area contributed by atoms with Gasteiger partial charge in [-0.25, -0.2) is 27.9 Å². The van der Waals surface area contributed by atoms with Crippen molar-refractivity contribution in [3.05, 3.63) is 66.0 Å². The van der Waals surface area contributed by atoms with Crippen molar-refractivity contribution in [3.63, 3.8) is 0 Å². The third-order valence-corrected chi connectivity index (χ3v) is 6.03. The first kappa shape index (κ1) is 28.6. The summed E-state index contributed by atoms with van der Waals surface area (Å²) in [6, 6.07) is 8.62. The Bertz CT molecular complexity index is 1750. The number of alkyl halides is 3. The van der Waals surface area contributed by atoms with Gasteiger partial charge < -0.3 is 25.0 Å². The van der Waals surface area contributed by atoms with E-state index in [1.165, 1.54) is 18.2 Å². The lowest BCUT2D eigenvalue weighted by molar-refractivity contribution is -0.192. The molecule has 1 aliphatic rings. The molecular formula is C25H20F6N8O3. The van der Waals surface area contributed by atoms with E-state index in [-0.39, 0.29) is 17.9 Å². The molecule has 0 bridgehead atoms. The molecule has 0 saturated carbocycles. The van der Waals surface area contributed by atoms with Crippen LogP contribution in [0.2, 0.25) is 0 Å². The first-order chi connectivity index (χ1) is 20.0. The summed E-state index contributed by atoms with van der Waals surface area (Å²) in [6.45, 7) is 2.49. The molecule has 3 N–H and O–H groups in total. The van der Waals surface area contributed by atoms with Crippen LogP contribution in [0.25, 0.3) is 27.9 Å². The Balaban J connectivity index is 0.000000451. The predicted octanol–water partition coefficient (Wildman–Crippen LogP) is 4.19. The van der Waals surface area contributed by atoms with Gasteiger partial charge in [0.15, 0.2) is 28.6 Å². The fraction of sp³-hybridized carbons (Fsp3) is 0.240. The lowest BCUT2D eigenvalue weighted by Gasteiger charge is -2.27. The molecule has 1 aliphatic heterocycles. The van der Waals surface area contributed by atoms with Crippen LogP contribution in [-0.2, 0) is 16.1 Å². The highest BCUT2D eigenvalue weighted by Gasteiger charge is 2.38. The van der Waals surface area contributed by atoms with Crippen molar-refractivity contribution in [1.29, 1.82) is 0 Å². The summed E-state index contributed by atoms with van der Waals surface area (Å²) in [5, 5.41) is 10.3. The SMILES string of the molecule is Fc1cccc(-n2cnc3c(NCc4nc5c(F)c(F)ccc5[nH]4)nc(N4CCOCC4)nc32)c1.O=C(O)C(F)(F)F. The Labute approximate surface area is 231 Å². The minimum absolute atomic E-state index is 0.0703. The number of aromatic amines is 1. The monoisotopic (exact) mass is 594 g/mol. The number of aromatic nitrogens is 6. The van der Waals surface area contributed by atoms with E-state index in [0.717, 1.165) is 6.07 Å². The quantitative estimate of drug-likeness (QED) is 0.256. The van der Waals surface area contributed by atoms with Crippen LogP contribution in [0.4, 0.5) is 38.1 Å². The summed E-state index contributed by atoms with van der Waals surface area (Å²) >= 11 is 0. The second-order valence-corrected chi connectivity index (χ2v) is 8.84. The lowest BCUT2D eigenvalue weighted by Crippen LogP contribution is -2.37. The highest BCUT2D eigenvalue weighted by Crippen LogP contribution is 2.26. The van der Waals surface area contributed by atoms with Crippen LogP contribution in [-0.4, -0.2) is 73.0 Å². The molecule has 0 aliphatic carbocycles. The van der Waals surface area contributed by atoms with E-state index in [1.54, 1.807) is 23.0 Å². The van der Waals surface area contributed by atoms with Gasteiger partial charge in [-0.15, -0.1) is 0 Å². The van der Waals surface area contributed by atoms with E-state index < -0.39 is 23.8 Å². The van der Waals surface area contributed by atoms with Crippen LogP contribution in [0.5, 0.6) is 0 Å². The molecule has 6 rings (SSSR count). The lowest BCUT2D eigenvalue weighted by atomic mass is 10.3. The number of carboxylic acids is 1. The Hall–Kier alpha value is -4.93. The number of ether oxygens (including phenoxy) is 1. The zero-order chi connectivity index (χ0) is 30.0. The molecular weight excluding hydrogens is 574 g/mol. The van der Waals surface area contributed by atoms with Crippen molar-refractivity contribution in [2.45, 2.75) is 12.7 Å². The first-order valence-corrected chi connectivity index (χ1v) is 12.2. The fourth-order valence-electron chi connectivity index (χ4n) is 4.05. The van der Waals surface area contributed by atoms with Crippen molar-refractivity contribution < 1.29 is 41.0 Å². The molecule has 2 aromatic carbocycles. The molecule has 11 nitrogen and oxygen atoms in total. The summed E-state index contributed by atoms with van der Waals surface area (Å²) in [6.07, 6.45) is -3.53. The number of rotatable bonds is 5. The molecule has 3 aromatic heterocycles. The number of morpholine rings is 1. The van der Waals surface area contributed by atoms with E-state index in [0.29, 0.717) is 66.3 Å². The molecule has 1 saturated heterocycles. The highest BCUT2D eigenvalue weighted by molar-refractivity contribution is 5.85. The number of fused-ring (bicyclic) bond motifs is 2. The van der Waals surface area contributed by atoms with Gasteiger partial charge in [0.05, 0.1) is 31.0 Å². The van der Waals surface area contributed by atoms with Crippen LogP contribution >= 0.6 is 0 Å². The topological polar surface area (TPSA) is 134 Å². The number of imidazole rings is 2. The van der Waals surface area contributed by atoms with Crippen LogP contribution in [0.15, 0.2) is 42.7 Å². The number of anilines is 2. The molecule has 0 spiro atoms. The van der Waals surface area contributed by atoms with Gasteiger partial charge in [-0.05, 0) is 30.3 Å². The van der Waals surface area contributed by atoms with Gasteiger partial charge >= 0.3 is 12.1 Å². The highest BCUT2D eigenvalue weighted by atomic mass is 19.4. The molecule has 42 heavy (non-hydrogen) atoms. The number of hydrogen-bond acceptors (Lipinski definition) is 8. The van der Waals surface area contributed by atoms with E-state index in [2.05, 4.69) is 25.3 Å². The van der Waals surface area contributed by atoms with E-state index in [4.69, 9.17) is 19.6 Å². The summed E-state index contributed by atoms with van der Waals surface area (Å²) in [5.74, 6) is -3.80. The molecule has 0 amide bonds. The summed E-state index contributed by atoms with van der Waals surface area (Å²) in [4.78, 5) is 31.9. The summed E-state index contributed by atoms with van der Waals surface area (Å²) in [7, 11) is 0. The second-order valence-electron chi connectivity index (χ2n) is 8.84. The average molecular weight is 594 g/mol. The predicted molar refractivity (Wildman–Crippen MR) is 137 cm³/mol. The largest absolute Gasteiger partial charge is 0.490 e. The number of aliphatic carboxylic acids is 1. The maximum Gasteiger partial charge on any atom is 0.490 e. The van der Waals surface area contributed by atoms with Crippen LogP contribution in [0, 0.1) is 17.5 Å². The molecule has 5 aromatic rings. The zero-order valence-corrected chi connectivity index (χ0v) is 21.3. The summed E-state index contributed by atoms with van der Waals surface area (Å²) in [5.41, 5.74) is 1.85. The van der Waals surface area contributed by atoms with E-state index in [1.807, 2.05) is 4.90 Å². The van der Waals surface area contributed by atoms with Gasteiger partial charge in [0, 0.05) is 13.1 Å². The van der Waals surface area contributed by atoms with Crippen molar-refractivity contribution in [2.75, 3.05) is 36.5 Å². The second kappa shape index (κ2) is 11.5. The zero-order valence-electron chi connectivity index (χ0n) is 21.3. The number of nitrogens with one attached hydrogen (secondary N) is 2. The first-order valence-electron chi connectivity index (χ1n) is 12.2. The Morgan fingerprint density at radius 3 is 2.48 bits per heavy atom. The number of benzene rings is 2. The number of nitrogens with zero attached hydrogens (tertiary/aromatic N) is 6. The molecule has 1 fully saturated rings. The molecule has 17 heteroatoms. The fourth-order valence-corrected chi connectivity index (χ4v) is 4.05. The Morgan fingerprint density at radius 1 is 1.05 bits per heavy atom. The van der Waals surface area contributed by atoms with Gasteiger partial charge in [0.1, 0.15) is 23.5 Å². The third kappa shape index (κ3) is 6.04. The Kier molecular flexibility index (Phi) is 7.84. The van der Waals surface area contributed by atoms with Gasteiger partial charge in [0.25, 0.3) is 0 Å². The molecule has 4 heterocycles. The van der Waals surface area contributed by atoms with Crippen LogP contribution in [0.1, 0.15) is 5.82 Å². The third-order valence-electron chi connectivity index (χ3n) is 6.03. The van der Waals surface area contributed by atoms with Crippen LogP contribution < -0.4 is 10.2 Å². The molecule has 0 atom stereocenters. The minimum Gasteiger partial charge on any atom is -0.475 e. The maximum absolute atomic E-state index is 14.1. The van der Waals surface area contributed by atoms with Gasteiger partial charge in [-0.2, -0.15) is 23.1 Å². The summed E-state index contributed by atoms with van der Waals surface area (Å²) < 4.78 is 80.4. The van der Waals surface area contributed by atoms with Gasteiger partial charge in [0.2, 0.25) is 5.95 Å². The number of hydrogen-bond donors (Lipinski definition) is 3. The van der Waals surface area contributed by atoms with E-state index >= 15 is 0 Å². The van der Waals surface area contributed by atoms with Gasteiger partial charge in [-0.1, -0.05) is 6.07 Å². The molecule has 0 radical (unpaired) electrons.